The second-order valence-corrected chi connectivity index (χ2v) is 3.04. The maximum absolute atomic E-state index is 5.71. The number of nitrogens with two attached hydrogens (primary N) is 2. The minimum atomic E-state index is -0.412. The molecule has 0 bridgehead atoms. The molecule has 1 aliphatic rings. The highest BCUT2D eigenvalue weighted by molar-refractivity contribution is 4.86. The van der Waals surface area contributed by atoms with Gasteiger partial charge in [-0.1, -0.05) is 0 Å². The summed E-state index contributed by atoms with van der Waals surface area (Å²) in [7, 11) is 0. The fourth-order valence-corrected chi connectivity index (χ4v) is 1.30. The Kier molecular flexibility index (Phi) is 1.75. The Balaban J connectivity index is 2.41. The molecule has 3 heteroatoms. The number of rotatable bonds is 0. The van der Waals surface area contributed by atoms with Crippen molar-refractivity contribution in [3.8, 4) is 0 Å². The average Bonchev–Trinajstić information content (AvgIpc) is 1.60. The van der Waals surface area contributed by atoms with Crippen LogP contribution in [-0.2, 0) is 0 Å². The topological polar surface area (TPSA) is 64.1 Å². The summed E-state index contributed by atoms with van der Waals surface area (Å²) in [6.07, 6.45) is 1.77. The third-order valence-electron chi connectivity index (χ3n) is 1.77. The first-order valence-corrected chi connectivity index (χ1v) is 3.41. The molecule has 0 spiro atoms. The summed E-state index contributed by atoms with van der Waals surface area (Å²) < 4.78 is 0. The molecule has 9 heavy (non-hydrogen) atoms. The van der Waals surface area contributed by atoms with E-state index in [1.807, 2.05) is 0 Å². The molecule has 1 atom stereocenters. The van der Waals surface area contributed by atoms with Gasteiger partial charge in [0, 0.05) is 6.04 Å². The molecule has 1 aliphatic heterocycles. The van der Waals surface area contributed by atoms with E-state index in [1.165, 1.54) is 0 Å². The fourth-order valence-electron chi connectivity index (χ4n) is 1.30. The summed E-state index contributed by atoms with van der Waals surface area (Å²) >= 11 is 0. The van der Waals surface area contributed by atoms with Crippen molar-refractivity contribution < 1.29 is 0 Å². The molecule has 1 saturated heterocycles. The van der Waals surface area contributed by atoms with Crippen molar-refractivity contribution in [2.75, 3.05) is 6.54 Å². The van der Waals surface area contributed by atoms with Gasteiger partial charge in [0.25, 0.3) is 0 Å². The molecule has 0 aromatic rings. The minimum Gasteiger partial charge on any atom is -0.314 e. The standard InChI is InChI=1S/C6H15N3/c1-5-4-6(7,8)2-3-9-5/h5,9H,2-4,7-8H2,1H3. The Morgan fingerprint density at radius 1 is 1.56 bits per heavy atom. The lowest BCUT2D eigenvalue weighted by molar-refractivity contribution is 0.272. The predicted octanol–water partition coefficient (Wildman–Crippen LogP) is -0.628. The van der Waals surface area contributed by atoms with Gasteiger partial charge in [-0.05, 0) is 26.3 Å². The summed E-state index contributed by atoms with van der Waals surface area (Å²) in [5.74, 6) is 0. The van der Waals surface area contributed by atoms with Gasteiger partial charge in [0.2, 0.25) is 0 Å². The first-order valence-electron chi connectivity index (χ1n) is 3.41. The normalized spacial score (nSPS) is 34.3. The molecule has 1 rings (SSSR count). The summed E-state index contributed by atoms with van der Waals surface area (Å²) in [6, 6.07) is 0.480. The molecule has 0 saturated carbocycles. The van der Waals surface area contributed by atoms with Gasteiger partial charge in [0.05, 0.1) is 5.66 Å². The van der Waals surface area contributed by atoms with E-state index in [4.69, 9.17) is 11.5 Å². The van der Waals surface area contributed by atoms with E-state index in [1.54, 1.807) is 0 Å². The van der Waals surface area contributed by atoms with Gasteiger partial charge >= 0.3 is 0 Å². The Morgan fingerprint density at radius 2 is 2.22 bits per heavy atom. The maximum Gasteiger partial charge on any atom is 0.0663 e. The van der Waals surface area contributed by atoms with Crippen LogP contribution in [-0.4, -0.2) is 18.2 Å². The number of nitrogens with one attached hydrogen (secondary N) is 1. The van der Waals surface area contributed by atoms with E-state index in [0.717, 1.165) is 19.4 Å². The van der Waals surface area contributed by atoms with Crippen LogP contribution in [0.2, 0.25) is 0 Å². The smallest absolute Gasteiger partial charge is 0.0663 e. The second kappa shape index (κ2) is 2.25. The van der Waals surface area contributed by atoms with Crippen molar-refractivity contribution >= 4 is 0 Å². The second-order valence-electron chi connectivity index (χ2n) is 3.04. The predicted molar refractivity (Wildman–Crippen MR) is 37.8 cm³/mol. The molecule has 0 aromatic heterocycles. The molecule has 1 unspecified atom stereocenters. The molecule has 1 fully saturated rings. The molecule has 0 aliphatic carbocycles. The van der Waals surface area contributed by atoms with Crippen LogP contribution in [0, 0.1) is 0 Å². The molecule has 0 amide bonds. The monoisotopic (exact) mass is 129 g/mol. The van der Waals surface area contributed by atoms with Crippen LogP contribution in [0.3, 0.4) is 0 Å². The van der Waals surface area contributed by atoms with Gasteiger partial charge in [-0.25, -0.2) is 0 Å². The van der Waals surface area contributed by atoms with Crippen LogP contribution in [0.5, 0.6) is 0 Å². The van der Waals surface area contributed by atoms with Crippen molar-refractivity contribution in [3.05, 3.63) is 0 Å². The van der Waals surface area contributed by atoms with Gasteiger partial charge in [-0.3, -0.25) is 0 Å². The van der Waals surface area contributed by atoms with E-state index in [-0.39, 0.29) is 0 Å². The zero-order chi connectivity index (χ0) is 6.91. The van der Waals surface area contributed by atoms with Crippen molar-refractivity contribution in [2.24, 2.45) is 11.5 Å². The van der Waals surface area contributed by atoms with Crippen LogP contribution in [0.4, 0.5) is 0 Å². The van der Waals surface area contributed by atoms with Gasteiger partial charge in [0.1, 0.15) is 0 Å². The zero-order valence-electron chi connectivity index (χ0n) is 5.85. The lowest BCUT2D eigenvalue weighted by atomic mass is 9.95. The fraction of sp³-hybridized carbons (Fsp3) is 1.00. The SMILES string of the molecule is CC1CC(N)(N)CCN1. The van der Waals surface area contributed by atoms with E-state index < -0.39 is 5.66 Å². The van der Waals surface area contributed by atoms with Gasteiger partial charge in [0.15, 0.2) is 0 Å². The third kappa shape index (κ3) is 1.93. The lowest BCUT2D eigenvalue weighted by Gasteiger charge is -2.33. The molecule has 1 heterocycles. The highest BCUT2D eigenvalue weighted by Crippen LogP contribution is 2.11. The number of hydrogen-bond acceptors (Lipinski definition) is 3. The average molecular weight is 129 g/mol. The minimum absolute atomic E-state index is 0.412. The highest BCUT2D eigenvalue weighted by atomic mass is 15.0. The quantitative estimate of drug-likeness (QED) is 0.382. The highest BCUT2D eigenvalue weighted by Gasteiger charge is 2.25. The Bertz CT molecular complexity index is 100. The Labute approximate surface area is 55.8 Å². The molecule has 54 valence electrons. The van der Waals surface area contributed by atoms with Crippen molar-refractivity contribution in [1.82, 2.24) is 5.32 Å². The molecule has 0 aromatic carbocycles. The van der Waals surface area contributed by atoms with Gasteiger partial charge < -0.3 is 16.8 Å². The van der Waals surface area contributed by atoms with Crippen LogP contribution >= 0.6 is 0 Å². The van der Waals surface area contributed by atoms with Crippen LogP contribution in [0.1, 0.15) is 19.8 Å². The van der Waals surface area contributed by atoms with Crippen molar-refractivity contribution in [2.45, 2.75) is 31.5 Å². The largest absolute Gasteiger partial charge is 0.314 e. The summed E-state index contributed by atoms with van der Waals surface area (Å²) in [6.45, 7) is 3.06. The van der Waals surface area contributed by atoms with E-state index in [2.05, 4.69) is 12.2 Å². The van der Waals surface area contributed by atoms with Crippen LogP contribution in [0.15, 0.2) is 0 Å². The molecule has 5 N–H and O–H groups in total. The van der Waals surface area contributed by atoms with Gasteiger partial charge in [-0.15, -0.1) is 0 Å². The number of piperidine rings is 1. The third-order valence-corrected chi connectivity index (χ3v) is 1.77. The van der Waals surface area contributed by atoms with E-state index in [0.29, 0.717) is 6.04 Å². The van der Waals surface area contributed by atoms with E-state index in [9.17, 15) is 0 Å². The zero-order valence-corrected chi connectivity index (χ0v) is 5.85. The Hall–Kier alpha value is -0.120. The van der Waals surface area contributed by atoms with Crippen molar-refractivity contribution in [1.29, 1.82) is 0 Å². The van der Waals surface area contributed by atoms with E-state index >= 15 is 0 Å². The number of hydrogen-bond donors (Lipinski definition) is 3. The summed E-state index contributed by atoms with van der Waals surface area (Å²) in [5.41, 5.74) is 11.0. The Morgan fingerprint density at radius 3 is 2.56 bits per heavy atom. The van der Waals surface area contributed by atoms with Gasteiger partial charge in [-0.2, -0.15) is 0 Å². The maximum atomic E-state index is 5.71. The van der Waals surface area contributed by atoms with Crippen LogP contribution < -0.4 is 16.8 Å². The first-order chi connectivity index (χ1) is 4.10. The first kappa shape index (κ1) is 6.99. The summed E-state index contributed by atoms with van der Waals surface area (Å²) in [5, 5.41) is 3.28. The van der Waals surface area contributed by atoms with Crippen LogP contribution in [0.25, 0.3) is 0 Å². The lowest BCUT2D eigenvalue weighted by Crippen LogP contribution is -2.58. The van der Waals surface area contributed by atoms with Crippen molar-refractivity contribution in [3.63, 3.8) is 0 Å². The summed E-state index contributed by atoms with van der Waals surface area (Å²) in [4.78, 5) is 0. The molecular weight excluding hydrogens is 114 g/mol. The molecule has 0 radical (unpaired) electrons. The molecule has 3 nitrogen and oxygen atoms in total. The molecular formula is C6H15N3.